The van der Waals surface area contributed by atoms with E-state index in [1.165, 1.54) is 10.8 Å². The van der Waals surface area contributed by atoms with Crippen LogP contribution in [0.15, 0.2) is 24.5 Å². The number of nitrogens with zero attached hydrogens (tertiary/aromatic N) is 2. The molecule has 2 amide bonds. The summed E-state index contributed by atoms with van der Waals surface area (Å²) in [5.74, 6) is -0.398. The maximum atomic E-state index is 11.9. The molecular formula is C15H26N4O6+2. The topological polar surface area (TPSA) is 121 Å². The van der Waals surface area contributed by atoms with Gasteiger partial charge in [-0.05, 0) is 19.9 Å². The molecule has 10 nitrogen and oxygen atoms in total. The third kappa shape index (κ3) is 10.5. The zero-order chi connectivity index (χ0) is 19.2. The summed E-state index contributed by atoms with van der Waals surface area (Å²) >= 11 is 0. The Kier molecular flexibility index (Phi) is 11.0. The molecule has 0 aliphatic heterocycles. The molecule has 0 bridgehead atoms. The third-order valence-electron chi connectivity index (χ3n) is 2.46. The quantitative estimate of drug-likeness (QED) is 0.361. The molecule has 0 spiro atoms. The summed E-state index contributed by atoms with van der Waals surface area (Å²) in [4.78, 5) is 37.5. The number of hydrogen-bond donors (Lipinski definition) is 3. The van der Waals surface area contributed by atoms with Gasteiger partial charge in [-0.1, -0.05) is 13.8 Å². The predicted octanol–water partition coefficient (Wildman–Crippen LogP) is 0.922. The molecule has 0 atom stereocenters. The van der Waals surface area contributed by atoms with E-state index < -0.39 is 17.1 Å². The van der Waals surface area contributed by atoms with Gasteiger partial charge in [0.2, 0.25) is 0 Å². The van der Waals surface area contributed by atoms with E-state index in [0.717, 1.165) is 0 Å². The van der Waals surface area contributed by atoms with Crippen LogP contribution in [0.3, 0.4) is 0 Å². The van der Waals surface area contributed by atoms with Gasteiger partial charge in [-0.3, -0.25) is 4.79 Å². The number of hydrogen-bond acceptors (Lipinski definition) is 5. The standard InChI is InChI=1S/C13H18N4O6.C2H6/c1-10(2)15-13(19)22-9-16-6-3-4-11(8-16)12(18)14-5-7-23-17(20)21;1-2/h3-4,6,8,10H,5,7,9H2,1-2H3,(H-2,14,15,18,19,20,21);1-2H3/p+2. The highest BCUT2D eigenvalue weighted by molar-refractivity contribution is 5.93. The highest BCUT2D eigenvalue weighted by Crippen LogP contribution is 1.94. The summed E-state index contributed by atoms with van der Waals surface area (Å²) in [7, 11) is 0. The smallest absolute Gasteiger partial charge is 0.388 e. The van der Waals surface area contributed by atoms with Crippen LogP contribution in [-0.2, 0) is 16.3 Å². The number of ether oxygens (including phenoxy) is 1. The fourth-order valence-corrected chi connectivity index (χ4v) is 1.54. The molecule has 1 heterocycles. The van der Waals surface area contributed by atoms with Gasteiger partial charge in [-0.25, -0.2) is 10.0 Å². The van der Waals surface area contributed by atoms with Crippen LogP contribution in [-0.4, -0.2) is 41.5 Å². The van der Waals surface area contributed by atoms with Gasteiger partial charge in [-0.2, -0.15) is 9.40 Å². The van der Waals surface area contributed by atoms with Crippen LogP contribution in [0.25, 0.3) is 0 Å². The Balaban J connectivity index is 0.00000277. The molecule has 0 aromatic carbocycles. The number of carbonyl (C=O) groups is 2. The summed E-state index contributed by atoms with van der Waals surface area (Å²) in [6.07, 6.45) is 2.60. The molecule has 25 heavy (non-hydrogen) atoms. The van der Waals surface area contributed by atoms with E-state index in [4.69, 9.17) is 9.94 Å². The molecule has 3 N–H and O–H groups in total. The maximum absolute atomic E-state index is 11.9. The van der Waals surface area contributed by atoms with Gasteiger partial charge < -0.3 is 15.4 Å². The van der Waals surface area contributed by atoms with Crippen molar-refractivity contribution >= 4 is 12.0 Å². The summed E-state index contributed by atoms with van der Waals surface area (Å²) < 4.78 is 6.52. The van der Waals surface area contributed by atoms with Gasteiger partial charge in [0.1, 0.15) is 10.5 Å². The lowest BCUT2D eigenvalue weighted by Crippen LogP contribution is -2.40. The maximum Gasteiger partial charge on any atom is 0.475 e. The minimum absolute atomic E-state index is 0.0317. The lowest BCUT2D eigenvalue weighted by molar-refractivity contribution is -0.975. The molecule has 0 saturated carbocycles. The summed E-state index contributed by atoms with van der Waals surface area (Å²) in [5.41, 5.74) is 0.336. The lowest BCUT2D eigenvalue weighted by Gasteiger charge is -2.07. The van der Waals surface area contributed by atoms with Gasteiger partial charge >= 0.3 is 11.2 Å². The van der Waals surface area contributed by atoms with E-state index >= 15 is 0 Å². The highest BCUT2D eigenvalue weighted by atomic mass is 16.9. The zero-order valence-corrected chi connectivity index (χ0v) is 14.9. The molecule has 0 saturated heterocycles. The second kappa shape index (κ2) is 12.5. The molecule has 0 aliphatic carbocycles. The van der Waals surface area contributed by atoms with Crippen molar-refractivity contribution in [2.24, 2.45) is 0 Å². The van der Waals surface area contributed by atoms with Crippen LogP contribution < -0.4 is 15.2 Å². The van der Waals surface area contributed by atoms with E-state index in [1.54, 1.807) is 18.3 Å². The van der Waals surface area contributed by atoms with E-state index in [0.29, 0.717) is 5.56 Å². The molecule has 1 aromatic heterocycles. The monoisotopic (exact) mass is 358 g/mol. The first-order valence-electron chi connectivity index (χ1n) is 7.88. The van der Waals surface area contributed by atoms with Crippen molar-refractivity contribution in [2.75, 3.05) is 13.2 Å². The van der Waals surface area contributed by atoms with E-state index in [1.807, 2.05) is 27.7 Å². The van der Waals surface area contributed by atoms with Crippen LogP contribution >= 0.6 is 0 Å². The zero-order valence-electron chi connectivity index (χ0n) is 14.9. The van der Waals surface area contributed by atoms with Gasteiger partial charge in [0.05, 0.1) is 6.54 Å². The van der Waals surface area contributed by atoms with Crippen LogP contribution in [0, 0.1) is 4.91 Å². The Hall–Kier alpha value is -2.91. The van der Waals surface area contributed by atoms with Crippen LogP contribution in [0.2, 0.25) is 0 Å². The van der Waals surface area contributed by atoms with Gasteiger partial charge in [-0.15, -0.1) is 0 Å². The Labute approximate surface area is 146 Å². The van der Waals surface area contributed by atoms with Gasteiger partial charge in [0.25, 0.3) is 12.6 Å². The number of amides is 2. The molecule has 0 fully saturated rings. The molecular weight excluding hydrogens is 332 g/mol. The van der Waals surface area contributed by atoms with Crippen molar-refractivity contribution in [2.45, 2.75) is 40.5 Å². The first kappa shape index (κ1) is 22.1. The van der Waals surface area contributed by atoms with E-state index in [-0.39, 0.29) is 25.9 Å². The first-order valence-corrected chi connectivity index (χ1v) is 7.88. The van der Waals surface area contributed by atoms with Crippen molar-refractivity contribution in [1.82, 2.24) is 10.6 Å². The minimum atomic E-state index is -0.678. The number of pyridine rings is 1. The van der Waals surface area contributed by atoms with Crippen molar-refractivity contribution in [3.63, 3.8) is 0 Å². The largest absolute Gasteiger partial charge is 0.475 e. The van der Waals surface area contributed by atoms with Crippen LogP contribution in [0.1, 0.15) is 38.1 Å². The van der Waals surface area contributed by atoms with Crippen LogP contribution in [0.5, 0.6) is 0 Å². The Morgan fingerprint density at radius 1 is 1.36 bits per heavy atom. The van der Waals surface area contributed by atoms with Gasteiger partial charge in [0.15, 0.2) is 19.0 Å². The molecule has 10 heteroatoms. The Morgan fingerprint density at radius 2 is 2.04 bits per heavy atom. The highest BCUT2D eigenvalue weighted by Gasteiger charge is 2.13. The lowest BCUT2D eigenvalue weighted by atomic mass is 10.2. The molecule has 0 unspecified atom stereocenters. The minimum Gasteiger partial charge on any atom is -0.388 e. The van der Waals surface area contributed by atoms with Crippen molar-refractivity contribution < 1.29 is 34.0 Å². The number of rotatable bonds is 8. The second-order valence-electron chi connectivity index (χ2n) is 4.79. The molecule has 0 radical (unpaired) electrons. The number of alkyl carbamates (subject to hydrolysis) is 1. The van der Waals surface area contributed by atoms with Crippen molar-refractivity contribution in [1.29, 1.82) is 0 Å². The molecule has 0 aliphatic rings. The van der Waals surface area contributed by atoms with E-state index in [9.17, 15) is 14.5 Å². The molecule has 1 aromatic rings. The van der Waals surface area contributed by atoms with Gasteiger partial charge in [0, 0.05) is 12.1 Å². The first-order chi connectivity index (χ1) is 11.9. The predicted molar refractivity (Wildman–Crippen MR) is 86.4 cm³/mol. The summed E-state index contributed by atoms with van der Waals surface area (Å²) in [5, 5.41) is 12.6. The fraction of sp³-hybridized carbons (Fsp3) is 0.533. The average Bonchev–Trinajstić information content (AvgIpc) is 2.58. The second-order valence-corrected chi connectivity index (χ2v) is 4.79. The number of carbonyl (C=O) groups excluding carboxylic acids is 2. The Morgan fingerprint density at radius 3 is 2.64 bits per heavy atom. The fourth-order valence-electron chi connectivity index (χ4n) is 1.54. The SMILES string of the molecule is CC.CC(C)NC(=O)OC[n+]1cccc(C(=O)NCCO[N+](=O)O)c1. The van der Waals surface area contributed by atoms with E-state index in [2.05, 4.69) is 15.5 Å². The molecule has 140 valence electrons. The number of aromatic nitrogens is 1. The van der Waals surface area contributed by atoms with Crippen molar-refractivity contribution in [3.05, 3.63) is 35.0 Å². The third-order valence-corrected chi connectivity index (χ3v) is 2.46. The van der Waals surface area contributed by atoms with Crippen molar-refractivity contribution in [3.8, 4) is 0 Å². The average molecular weight is 358 g/mol. The Bertz CT molecular complexity index is 565. The normalized spacial score (nSPS) is 9.48. The van der Waals surface area contributed by atoms with Crippen LogP contribution in [0.4, 0.5) is 4.79 Å². The summed E-state index contributed by atoms with van der Waals surface area (Å²) in [6.45, 7) is 7.45. The molecule has 1 rings (SSSR count). The summed E-state index contributed by atoms with van der Waals surface area (Å²) in [6, 6.07) is 3.17. The number of nitrogens with one attached hydrogen (secondary N) is 2.